The Morgan fingerprint density at radius 1 is 0.886 bits per heavy atom. The minimum absolute atomic E-state index is 0.0447. The van der Waals surface area contributed by atoms with Crippen LogP contribution in [-0.2, 0) is 19.6 Å². The van der Waals surface area contributed by atoms with Gasteiger partial charge >= 0.3 is 0 Å². The van der Waals surface area contributed by atoms with Crippen LogP contribution in [0, 0.1) is 0 Å². The number of halogens is 1. The van der Waals surface area contributed by atoms with Crippen LogP contribution in [0.4, 0.5) is 0 Å². The number of ether oxygens (including phenoxy) is 2. The number of benzene rings is 3. The molecule has 0 aliphatic carbocycles. The Morgan fingerprint density at radius 2 is 1.66 bits per heavy atom. The summed E-state index contributed by atoms with van der Waals surface area (Å²) < 4.78 is 12.4. The van der Waals surface area contributed by atoms with E-state index >= 15 is 0 Å². The van der Waals surface area contributed by atoms with Crippen LogP contribution >= 0.6 is 15.9 Å². The van der Waals surface area contributed by atoms with Gasteiger partial charge in [-0.1, -0.05) is 54.6 Å². The molecule has 0 radical (unpaired) electrons. The molecule has 0 bridgehead atoms. The number of hydrogen-bond donors (Lipinski definition) is 0. The maximum Gasteiger partial charge on any atom is 0.255 e. The Labute approximate surface area is 214 Å². The third kappa shape index (κ3) is 6.70. The number of carbonyl (C=O) groups is 1. The van der Waals surface area contributed by atoms with Crippen LogP contribution < -0.4 is 9.47 Å². The summed E-state index contributed by atoms with van der Waals surface area (Å²) in [6.45, 7) is 1.42. The maximum absolute atomic E-state index is 13.5. The molecule has 0 unspecified atom stereocenters. The highest BCUT2D eigenvalue weighted by molar-refractivity contribution is 9.10. The van der Waals surface area contributed by atoms with Crippen LogP contribution in [0.2, 0.25) is 0 Å². The van der Waals surface area contributed by atoms with Crippen LogP contribution in [0.15, 0.2) is 102 Å². The molecule has 4 aromatic rings. The normalized spacial score (nSPS) is 10.6. The Hall–Kier alpha value is -3.64. The lowest BCUT2D eigenvalue weighted by atomic mass is 10.1. The number of aromatic nitrogens is 1. The van der Waals surface area contributed by atoms with Crippen molar-refractivity contribution in [1.29, 1.82) is 0 Å². The molecule has 3 aromatic carbocycles. The smallest absolute Gasteiger partial charge is 0.255 e. The van der Waals surface area contributed by atoms with E-state index in [4.69, 9.17) is 9.47 Å². The van der Waals surface area contributed by atoms with E-state index in [2.05, 4.69) is 20.9 Å². The van der Waals surface area contributed by atoms with Gasteiger partial charge in [-0.25, -0.2) is 0 Å². The first kappa shape index (κ1) is 24.5. The summed E-state index contributed by atoms with van der Waals surface area (Å²) in [7, 11) is 1.62. The SMILES string of the molecule is COc1cc(CN(CCc2ccccn2)C(=O)c2ccccc2Br)ccc1OCc1ccccc1. The van der Waals surface area contributed by atoms with Crippen molar-refractivity contribution in [2.24, 2.45) is 0 Å². The van der Waals surface area contributed by atoms with Crippen LogP contribution in [0.25, 0.3) is 0 Å². The lowest BCUT2D eigenvalue weighted by Crippen LogP contribution is -2.33. The van der Waals surface area contributed by atoms with E-state index < -0.39 is 0 Å². The monoisotopic (exact) mass is 530 g/mol. The molecule has 0 atom stereocenters. The van der Waals surface area contributed by atoms with Gasteiger partial charge in [0.1, 0.15) is 6.61 Å². The van der Waals surface area contributed by atoms with E-state index in [0.717, 1.165) is 21.3 Å². The molecule has 0 saturated carbocycles. The highest BCUT2D eigenvalue weighted by Crippen LogP contribution is 2.30. The van der Waals surface area contributed by atoms with Crippen LogP contribution in [-0.4, -0.2) is 29.4 Å². The fourth-order valence-electron chi connectivity index (χ4n) is 3.74. The predicted octanol–water partition coefficient (Wildman–Crippen LogP) is 6.32. The molecule has 0 spiro atoms. The molecule has 5 nitrogen and oxygen atoms in total. The maximum atomic E-state index is 13.5. The Bertz CT molecular complexity index is 1250. The summed E-state index contributed by atoms with van der Waals surface area (Å²) in [6, 6.07) is 29.1. The Kier molecular flexibility index (Phi) is 8.52. The van der Waals surface area contributed by atoms with Crippen molar-refractivity contribution in [2.45, 2.75) is 19.6 Å². The second kappa shape index (κ2) is 12.2. The number of pyridine rings is 1. The molecule has 0 fully saturated rings. The van der Waals surface area contributed by atoms with Gasteiger partial charge in [0.25, 0.3) is 5.91 Å². The third-order valence-electron chi connectivity index (χ3n) is 5.59. The van der Waals surface area contributed by atoms with Gasteiger partial charge in [0.05, 0.1) is 12.7 Å². The van der Waals surface area contributed by atoms with E-state index in [1.807, 2.05) is 95.9 Å². The molecule has 1 amide bonds. The zero-order chi connectivity index (χ0) is 24.5. The van der Waals surface area contributed by atoms with E-state index in [1.54, 1.807) is 13.3 Å². The first-order valence-electron chi connectivity index (χ1n) is 11.4. The summed E-state index contributed by atoms with van der Waals surface area (Å²) >= 11 is 3.52. The van der Waals surface area contributed by atoms with Gasteiger partial charge < -0.3 is 14.4 Å². The van der Waals surface area contributed by atoms with E-state index in [9.17, 15) is 4.79 Å². The zero-order valence-corrected chi connectivity index (χ0v) is 21.1. The molecule has 1 aromatic heterocycles. The number of carbonyl (C=O) groups excluding carboxylic acids is 1. The molecule has 6 heteroatoms. The number of rotatable bonds is 10. The van der Waals surface area contributed by atoms with Gasteiger partial charge in [-0.05, 0) is 63.5 Å². The van der Waals surface area contributed by atoms with E-state index in [0.29, 0.717) is 43.2 Å². The largest absolute Gasteiger partial charge is 0.493 e. The van der Waals surface area contributed by atoms with Crippen molar-refractivity contribution in [3.63, 3.8) is 0 Å². The number of hydrogen-bond acceptors (Lipinski definition) is 4. The Morgan fingerprint density at radius 3 is 2.40 bits per heavy atom. The quantitative estimate of drug-likeness (QED) is 0.241. The second-order valence-corrected chi connectivity index (χ2v) is 8.89. The van der Waals surface area contributed by atoms with Gasteiger partial charge in [-0.2, -0.15) is 0 Å². The summed E-state index contributed by atoms with van der Waals surface area (Å²) in [5.74, 6) is 1.26. The van der Waals surface area contributed by atoms with Crippen molar-refractivity contribution >= 4 is 21.8 Å². The van der Waals surface area contributed by atoms with Crippen LogP contribution in [0.1, 0.15) is 27.2 Å². The lowest BCUT2D eigenvalue weighted by Gasteiger charge is -2.24. The topological polar surface area (TPSA) is 51.7 Å². The average Bonchev–Trinajstić information content (AvgIpc) is 2.91. The average molecular weight is 531 g/mol. The lowest BCUT2D eigenvalue weighted by molar-refractivity contribution is 0.0743. The summed E-state index contributed by atoms with van der Waals surface area (Å²) in [5.41, 5.74) is 3.61. The van der Waals surface area contributed by atoms with Crippen molar-refractivity contribution in [3.8, 4) is 11.5 Å². The molecule has 0 aliphatic rings. The highest BCUT2D eigenvalue weighted by atomic mass is 79.9. The van der Waals surface area contributed by atoms with Crippen molar-refractivity contribution < 1.29 is 14.3 Å². The summed E-state index contributed by atoms with van der Waals surface area (Å²) in [5, 5.41) is 0. The van der Waals surface area contributed by atoms with Crippen LogP contribution in [0.5, 0.6) is 11.5 Å². The zero-order valence-electron chi connectivity index (χ0n) is 19.6. The first-order chi connectivity index (χ1) is 17.1. The van der Waals surface area contributed by atoms with Gasteiger partial charge in [-0.3, -0.25) is 9.78 Å². The molecule has 0 aliphatic heterocycles. The first-order valence-corrected chi connectivity index (χ1v) is 12.2. The Balaban J connectivity index is 1.53. The second-order valence-electron chi connectivity index (χ2n) is 8.04. The summed E-state index contributed by atoms with van der Waals surface area (Å²) in [4.78, 5) is 19.7. The molecule has 1 heterocycles. The standard InChI is InChI=1S/C29H27BrN2O3/c1-34-28-19-23(14-15-27(28)35-21-22-9-3-2-4-10-22)20-32(18-16-24-11-7-8-17-31-24)29(33)25-12-5-6-13-26(25)30/h2-15,17,19H,16,18,20-21H2,1H3. The van der Waals surface area contributed by atoms with Gasteiger partial charge in [0.15, 0.2) is 11.5 Å². The van der Waals surface area contributed by atoms with Gasteiger partial charge in [0.2, 0.25) is 0 Å². The minimum Gasteiger partial charge on any atom is -0.493 e. The van der Waals surface area contributed by atoms with Crippen molar-refractivity contribution in [1.82, 2.24) is 9.88 Å². The predicted molar refractivity (Wildman–Crippen MR) is 141 cm³/mol. The van der Waals surface area contributed by atoms with Crippen LogP contribution in [0.3, 0.4) is 0 Å². The molecule has 0 saturated heterocycles. The molecular weight excluding hydrogens is 504 g/mol. The van der Waals surface area contributed by atoms with E-state index in [1.165, 1.54) is 0 Å². The van der Waals surface area contributed by atoms with E-state index in [-0.39, 0.29) is 5.91 Å². The minimum atomic E-state index is -0.0447. The number of methoxy groups -OCH3 is 1. The molecular formula is C29H27BrN2O3. The third-order valence-corrected chi connectivity index (χ3v) is 6.29. The molecule has 4 rings (SSSR count). The molecule has 35 heavy (non-hydrogen) atoms. The fourth-order valence-corrected chi connectivity index (χ4v) is 4.19. The molecule has 178 valence electrons. The summed E-state index contributed by atoms with van der Waals surface area (Å²) in [6.07, 6.45) is 2.43. The highest BCUT2D eigenvalue weighted by Gasteiger charge is 2.19. The van der Waals surface area contributed by atoms with Gasteiger partial charge in [-0.15, -0.1) is 0 Å². The van der Waals surface area contributed by atoms with Gasteiger partial charge in [0, 0.05) is 35.9 Å². The van der Waals surface area contributed by atoms with Crippen molar-refractivity contribution in [2.75, 3.05) is 13.7 Å². The fraction of sp³-hybridized carbons (Fsp3) is 0.172. The number of amides is 1. The number of nitrogens with zero attached hydrogens (tertiary/aromatic N) is 2. The molecule has 0 N–H and O–H groups in total. The van der Waals surface area contributed by atoms with Crippen molar-refractivity contribution in [3.05, 3.63) is 124 Å².